The van der Waals surface area contributed by atoms with E-state index in [0.29, 0.717) is 13.0 Å². The van der Waals surface area contributed by atoms with Gasteiger partial charge in [0.25, 0.3) is 0 Å². The summed E-state index contributed by atoms with van der Waals surface area (Å²) in [5.74, 6) is -0.197. The number of esters is 1. The normalized spacial score (nSPS) is 12.2. The number of aromatic nitrogens is 1. The summed E-state index contributed by atoms with van der Waals surface area (Å²) in [4.78, 5) is 15.3. The second kappa shape index (κ2) is 6.23. The highest BCUT2D eigenvalue weighted by molar-refractivity contribution is 5.69. The predicted octanol–water partition coefficient (Wildman–Crippen LogP) is 1.43. The largest absolute Gasteiger partial charge is 0.469 e. The summed E-state index contributed by atoms with van der Waals surface area (Å²) in [6.07, 6.45) is 2.15. The van der Waals surface area contributed by atoms with E-state index in [1.807, 2.05) is 26.0 Å². The summed E-state index contributed by atoms with van der Waals surface area (Å²) in [5.41, 5.74) is 2.17. The van der Waals surface area contributed by atoms with Gasteiger partial charge in [0, 0.05) is 18.8 Å². The van der Waals surface area contributed by atoms with E-state index >= 15 is 0 Å². The first-order chi connectivity index (χ1) is 7.63. The van der Waals surface area contributed by atoms with Gasteiger partial charge in [-0.05, 0) is 25.5 Å². The highest BCUT2D eigenvalue weighted by Crippen LogP contribution is 2.03. The molecule has 0 spiro atoms. The van der Waals surface area contributed by atoms with E-state index in [9.17, 15) is 4.79 Å². The monoisotopic (exact) mass is 222 g/mol. The first-order valence-electron chi connectivity index (χ1n) is 5.34. The minimum absolute atomic E-state index is 0.0915. The fourth-order valence-corrected chi connectivity index (χ4v) is 1.38. The summed E-state index contributed by atoms with van der Waals surface area (Å²) in [6.45, 7) is 4.65. The Hall–Kier alpha value is -1.42. The molecule has 0 bridgehead atoms. The SMILES string of the molecule is COC(=O)CC(C)NCc1ncccc1C. The second-order valence-electron chi connectivity index (χ2n) is 3.83. The third-order valence-electron chi connectivity index (χ3n) is 2.44. The Morgan fingerprint density at radius 2 is 2.38 bits per heavy atom. The van der Waals surface area contributed by atoms with Crippen LogP contribution in [0.5, 0.6) is 0 Å². The lowest BCUT2D eigenvalue weighted by atomic mass is 10.2. The van der Waals surface area contributed by atoms with Gasteiger partial charge in [0.05, 0.1) is 19.2 Å². The van der Waals surface area contributed by atoms with Gasteiger partial charge in [-0.15, -0.1) is 0 Å². The van der Waals surface area contributed by atoms with E-state index in [0.717, 1.165) is 11.3 Å². The molecule has 1 heterocycles. The molecule has 16 heavy (non-hydrogen) atoms. The molecular formula is C12H18N2O2. The van der Waals surface area contributed by atoms with Crippen LogP contribution in [0.25, 0.3) is 0 Å². The molecule has 0 aliphatic rings. The average Bonchev–Trinajstić information content (AvgIpc) is 2.28. The molecule has 1 N–H and O–H groups in total. The zero-order chi connectivity index (χ0) is 12.0. The third kappa shape index (κ3) is 3.98. The summed E-state index contributed by atoms with van der Waals surface area (Å²) in [6, 6.07) is 4.03. The number of nitrogens with zero attached hydrogens (tertiary/aromatic N) is 1. The number of carbonyl (C=O) groups excluding carboxylic acids is 1. The van der Waals surface area contributed by atoms with Crippen molar-refractivity contribution in [3.63, 3.8) is 0 Å². The summed E-state index contributed by atoms with van der Waals surface area (Å²) >= 11 is 0. The second-order valence-corrected chi connectivity index (χ2v) is 3.83. The van der Waals surface area contributed by atoms with Crippen LogP contribution in [0.2, 0.25) is 0 Å². The van der Waals surface area contributed by atoms with E-state index in [1.165, 1.54) is 7.11 Å². The Morgan fingerprint density at radius 1 is 1.62 bits per heavy atom. The molecule has 1 unspecified atom stereocenters. The molecule has 0 aliphatic heterocycles. The van der Waals surface area contributed by atoms with E-state index in [4.69, 9.17) is 0 Å². The highest BCUT2D eigenvalue weighted by Gasteiger charge is 2.09. The average molecular weight is 222 g/mol. The van der Waals surface area contributed by atoms with Crippen LogP contribution in [0.4, 0.5) is 0 Å². The minimum atomic E-state index is -0.197. The molecule has 0 saturated heterocycles. The lowest BCUT2D eigenvalue weighted by Crippen LogP contribution is -2.29. The van der Waals surface area contributed by atoms with Gasteiger partial charge < -0.3 is 10.1 Å². The molecule has 1 rings (SSSR count). The van der Waals surface area contributed by atoms with E-state index in [-0.39, 0.29) is 12.0 Å². The number of pyridine rings is 1. The topological polar surface area (TPSA) is 51.2 Å². The number of rotatable bonds is 5. The molecule has 1 aromatic heterocycles. The molecule has 4 nitrogen and oxygen atoms in total. The number of ether oxygens (including phenoxy) is 1. The van der Waals surface area contributed by atoms with Gasteiger partial charge in [0.15, 0.2) is 0 Å². The maximum atomic E-state index is 11.0. The van der Waals surface area contributed by atoms with Gasteiger partial charge >= 0.3 is 5.97 Å². The summed E-state index contributed by atoms with van der Waals surface area (Å²) in [5, 5.41) is 3.24. The molecule has 0 radical (unpaired) electrons. The van der Waals surface area contributed by atoms with Gasteiger partial charge in [-0.3, -0.25) is 9.78 Å². The molecule has 1 aromatic rings. The minimum Gasteiger partial charge on any atom is -0.469 e. The maximum absolute atomic E-state index is 11.0. The first-order valence-corrected chi connectivity index (χ1v) is 5.34. The number of aryl methyl sites for hydroxylation is 1. The zero-order valence-electron chi connectivity index (χ0n) is 9.99. The van der Waals surface area contributed by atoms with Gasteiger partial charge in [-0.2, -0.15) is 0 Å². The molecule has 0 fully saturated rings. The lowest BCUT2D eigenvalue weighted by molar-refractivity contribution is -0.141. The van der Waals surface area contributed by atoms with E-state index in [2.05, 4.69) is 15.0 Å². The van der Waals surface area contributed by atoms with Crippen molar-refractivity contribution in [2.45, 2.75) is 32.9 Å². The lowest BCUT2D eigenvalue weighted by Gasteiger charge is -2.12. The van der Waals surface area contributed by atoms with Crippen LogP contribution in [0, 0.1) is 6.92 Å². The summed E-state index contributed by atoms with van der Waals surface area (Å²) in [7, 11) is 1.40. The van der Waals surface area contributed by atoms with Crippen molar-refractivity contribution in [3.8, 4) is 0 Å². The van der Waals surface area contributed by atoms with Crippen molar-refractivity contribution >= 4 is 5.97 Å². The Kier molecular flexibility index (Phi) is 4.92. The van der Waals surface area contributed by atoms with Crippen molar-refractivity contribution < 1.29 is 9.53 Å². The molecule has 88 valence electrons. The molecular weight excluding hydrogens is 204 g/mol. The molecule has 0 amide bonds. The standard InChI is InChI=1S/C12H18N2O2/c1-9-5-4-6-13-11(9)8-14-10(2)7-12(15)16-3/h4-6,10,14H,7-8H2,1-3H3. The van der Waals surface area contributed by atoms with Crippen LogP contribution in [0.1, 0.15) is 24.6 Å². The molecule has 0 aliphatic carbocycles. The van der Waals surface area contributed by atoms with Crippen LogP contribution >= 0.6 is 0 Å². The van der Waals surface area contributed by atoms with Gasteiger partial charge in [0.1, 0.15) is 0 Å². The van der Waals surface area contributed by atoms with Crippen molar-refractivity contribution in [2.24, 2.45) is 0 Å². The molecule has 4 heteroatoms. The molecule has 0 saturated carbocycles. The van der Waals surface area contributed by atoms with Crippen LogP contribution in [-0.4, -0.2) is 24.1 Å². The predicted molar refractivity (Wildman–Crippen MR) is 61.9 cm³/mol. The number of hydrogen-bond acceptors (Lipinski definition) is 4. The van der Waals surface area contributed by atoms with Crippen molar-refractivity contribution in [2.75, 3.05) is 7.11 Å². The number of carbonyl (C=O) groups is 1. The fraction of sp³-hybridized carbons (Fsp3) is 0.500. The Balaban J connectivity index is 2.40. The van der Waals surface area contributed by atoms with Gasteiger partial charge in [-0.25, -0.2) is 0 Å². The number of hydrogen-bond donors (Lipinski definition) is 1. The van der Waals surface area contributed by atoms with Crippen molar-refractivity contribution in [1.82, 2.24) is 10.3 Å². The molecule has 0 aromatic carbocycles. The Bertz CT molecular complexity index is 353. The quantitative estimate of drug-likeness (QED) is 0.766. The van der Waals surface area contributed by atoms with Gasteiger partial charge in [0.2, 0.25) is 0 Å². The van der Waals surface area contributed by atoms with E-state index in [1.54, 1.807) is 6.20 Å². The number of nitrogens with one attached hydrogen (secondary N) is 1. The highest BCUT2D eigenvalue weighted by atomic mass is 16.5. The third-order valence-corrected chi connectivity index (χ3v) is 2.44. The Labute approximate surface area is 96.0 Å². The zero-order valence-corrected chi connectivity index (χ0v) is 9.99. The maximum Gasteiger partial charge on any atom is 0.307 e. The molecule has 1 atom stereocenters. The van der Waals surface area contributed by atoms with Gasteiger partial charge in [-0.1, -0.05) is 6.07 Å². The Morgan fingerprint density at radius 3 is 3.00 bits per heavy atom. The van der Waals surface area contributed by atoms with Crippen LogP contribution in [0.3, 0.4) is 0 Å². The number of methoxy groups -OCH3 is 1. The van der Waals surface area contributed by atoms with E-state index < -0.39 is 0 Å². The van der Waals surface area contributed by atoms with Crippen LogP contribution in [-0.2, 0) is 16.1 Å². The fourth-order valence-electron chi connectivity index (χ4n) is 1.38. The first kappa shape index (κ1) is 12.6. The van der Waals surface area contributed by atoms with Crippen molar-refractivity contribution in [3.05, 3.63) is 29.6 Å². The summed E-state index contributed by atoms with van der Waals surface area (Å²) < 4.78 is 4.60. The van der Waals surface area contributed by atoms with Crippen molar-refractivity contribution in [1.29, 1.82) is 0 Å². The van der Waals surface area contributed by atoms with Crippen LogP contribution < -0.4 is 5.32 Å². The van der Waals surface area contributed by atoms with Crippen LogP contribution in [0.15, 0.2) is 18.3 Å². The smallest absolute Gasteiger partial charge is 0.307 e.